The van der Waals surface area contributed by atoms with Crippen LogP contribution < -0.4 is 5.32 Å². The lowest BCUT2D eigenvalue weighted by atomic mass is 10.2. The second kappa shape index (κ2) is 7.17. The summed E-state index contributed by atoms with van der Waals surface area (Å²) in [6, 6.07) is 4.24. The number of thiophene rings is 1. The van der Waals surface area contributed by atoms with Gasteiger partial charge >= 0.3 is 0 Å². The van der Waals surface area contributed by atoms with Crippen LogP contribution in [0.25, 0.3) is 0 Å². The minimum atomic E-state index is -0.186. The van der Waals surface area contributed by atoms with Crippen molar-refractivity contribution in [3.63, 3.8) is 0 Å². The number of hydrogen-bond acceptors (Lipinski definition) is 5. The lowest BCUT2D eigenvalue weighted by Crippen LogP contribution is -2.52. The molecule has 1 aromatic rings. The third-order valence-electron chi connectivity index (χ3n) is 3.53. The summed E-state index contributed by atoms with van der Waals surface area (Å²) in [5.41, 5.74) is 0. The van der Waals surface area contributed by atoms with E-state index in [9.17, 15) is 4.79 Å². The number of nitrogens with zero attached hydrogens (tertiary/aromatic N) is 1. The van der Waals surface area contributed by atoms with Crippen LogP contribution in [-0.4, -0.2) is 54.4 Å². The smallest absolute Gasteiger partial charge is 0.234 e. The highest BCUT2D eigenvalue weighted by Crippen LogP contribution is 2.18. The minimum Gasteiger partial charge on any atom is -0.394 e. The van der Waals surface area contributed by atoms with Crippen LogP contribution in [0.2, 0.25) is 0 Å². The first-order chi connectivity index (χ1) is 9.60. The summed E-state index contributed by atoms with van der Waals surface area (Å²) >= 11 is 1.64. The predicted octanol–water partition coefficient (Wildman–Crippen LogP) is 1.01. The molecule has 5 nitrogen and oxygen atoms in total. The first kappa shape index (κ1) is 15.4. The fourth-order valence-electron chi connectivity index (χ4n) is 2.29. The molecule has 1 aromatic heterocycles. The topological polar surface area (TPSA) is 61.8 Å². The Morgan fingerprint density at radius 2 is 2.50 bits per heavy atom. The van der Waals surface area contributed by atoms with E-state index in [1.54, 1.807) is 11.3 Å². The van der Waals surface area contributed by atoms with Crippen molar-refractivity contribution >= 4 is 17.2 Å². The molecule has 1 aliphatic rings. The van der Waals surface area contributed by atoms with Crippen LogP contribution in [0.15, 0.2) is 17.5 Å². The second-order valence-corrected chi connectivity index (χ2v) is 6.20. The molecule has 6 heteroatoms. The quantitative estimate of drug-likeness (QED) is 0.851. The van der Waals surface area contributed by atoms with Crippen LogP contribution in [0.5, 0.6) is 0 Å². The van der Waals surface area contributed by atoms with Crippen LogP contribution in [0.4, 0.5) is 0 Å². The Balaban J connectivity index is 1.84. The maximum atomic E-state index is 12.1. The van der Waals surface area contributed by atoms with Gasteiger partial charge in [-0.05, 0) is 25.3 Å². The van der Waals surface area contributed by atoms with Gasteiger partial charge < -0.3 is 15.2 Å². The van der Waals surface area contributed by atoms with Crippen molar-refractivity contribution in [2.45, 2.75) is 32.0 Å². The van der Waals surface area contributed by atoms with E-state index >= 15 is 0 Å². The van der Waals surface area contributed by atoms with E-state index in [1.807, 2.05) is 31.4 Å². The normalized spacial score (nSPS) is 25.4. The highest BCUT2D eigenvalue weighted by atomic mass is 32.1. The van der Waals surface area contributed by atoms with Crippen LogP contribution in [-0.2, 0) is 9.53 Å². The van der Waals surface area contributed by atoms with E-state index < -0.39 is 0 Å². The van der Waals surface area contributed by atoms with Gasteiger partial charge in [-0.2, -0.15) is 0 Å². The van der Waals surface area contributed by atoms with Crippen LogP contribution >= 0.6 is 11.3 Å². The van der Waals surface area contributed by atoms with Crippen LogP contribution in [0.3, 0.4) is 0 Å². The third kappa shape index (κ3) is 4.02. The molecule has 1 fully saturated rings. The van der Waals surface area contributed by atoms with E-state index in [4.69, 9.17) is 9.84 Å². The lowest BCUT2D eigenvalue weighted by molar-refractivity contribution is -0.128. The zero-order valence-corrected chi connectivity index (χ0v) is 12.7. The Bertz CT molecular complexity index is 424. The molecule has 2 heterocycles. The van der Waals surface area contributed by atoms with E-state index in [-0.39, 0.29) is 30.7 Å². The zero-order chi connectivity index (χ0) is 14.5. The molecule has 3 atom stereocenters. The number of rotatable bonds is 5. The summed E-state index contributed by atoms with van der Waals surface area (Å²) in [5, 5.41) is 14.2. The number of morpholine rings is 1. The van der Waals surface area contributed by atoms with Crippen molar-refractivity contribution in [3.05, 3.63) is 22.4 Å². The fraction of sp³-hybridized carbons (Fsp3) is 0.643. The molecule has 0 bridgehead atoms. The largest absolute Gasteiger partial charge is 0.394 e. The molecule has 0 radical (unpaired) electrons. The van der Waals surface area contributed by atoms with Gasteiger partial charge in [0.05, 0.1) is 31.9 Å². The van der Waals surface area contributed by atoms with E-state index in [0.29, 0.717) is 19.7 Å². The van der Waals surface area contributed by atoms with E-state index in [0.717, 1.165) is 4.88 Å². The maximum absolute atomic E-state index is 12.1. The van der Waals surface area contributed by atoms with Gasteiger partial charge in [-0.25, -0.2) is 0 Å². The van der Waals surface area contributed by atoms with Crippen LogP contribution in [0, 0.1) is 0 Å². The average Bonchev–Trinajstić information content (AvgIpc) is 2.95. The molecule has 20 heavy (non-hydrogen) atoms. The fourth-order valence-corrected chi connectivity index (χ4v) is 3.02. The SMILES string of the molecule is CC(NC(=O)CN1CC(CO)OCC1C)c1cccs1. The van der Waals surface area contributed by atoms with Gasteiger partial charge in [-0.3, -0.25) is 9.69 Å². The molecule has 0 spiro atoms. The molecular weight excluding hydrogens is 276 g/mol. The third-order valence-corrected chi connectivity index (χ3v) is 4.59. The van der Waals surface area contributed by atoms with Crippen molar-refractivity contribution in [2.24, 2.45) is 0 Å². The van der Waals surface area contributed by atoms with E-state index in [1.165, 1.54) is 0 Å². The Hall–Kier alpha value is -0.950. The molecule has 0 saturated carbocycles. The highest BCUT2D eigenvalue weighted by molar-refractivity contribution is 7.10. The molecule has 1 aliphatic heterocycles. The molecule has 2 rings (SSSR count). The molecule has 0 aliphatic carbocycles. The van der Waals surface area contributed by atoms with Crippen molar-refractivity contribution in [2.75, 3.05) is 26.3 Å². The molecular formula is C14H22N2O3S. The van der Waals surface area contributed by atoms with Crippen molar-refractivity contribution in [1.29, 1.82) is 0 Å². The molecule has 3 unspecified atom stereocenters. The number of nitrogens with one attached hydrogen (secondary N) is 1. The standard InChI is InChI=1S/C14H22N2O3S/c1-10-9-19-12(8-17)6-16(10)7-14(18)15-11(2)13-4-3-5-20-13/h3-5,10-12,17H,6-9H2,1-2H3,(H,15,18). The average molecular weight is 298 g/mol. The highest BCUT2D eigenvalue weighted by Gasteiger charge is 2.27. The Labute approximate surface area is 123 Å². The van der Waals surface area contributed by atoms with Crippen molar-refractivity contribution in [1.82, 2.24) is 10.2 Å². The number of amides is 1. The Morgan fingerprint density at radius 1 is 1.70 bits per heavy atom. The zero-order valence-electron chi connectivity index (χ0n) is 11.9. The van der Waals surface area contributed by atoms with Crippen molar-refractivity contribution < 1.29 is 14.6 Å². The van der Waals surface area contributed by atoms with Crippen LogP contribution in [0.1, 0.15) is 24.8 Å². The molecule has 112 valence electrons. The first-order valence-corrected chi connectivity index (χ1v) is 7.77. The number of aliphatic hydroxyl groups is 1. The Morgan fingerprint density at radius 3 is 3.15 bits per heavy atom. The van der Waals surface area contributed by atoms with Gasteiger partial charge in [0.15, 0.2) is 0 Å². The van der Waals surface area contributed by atoms with Gasteiger partial charge in [0.25, 0.3) is 0 Å². The van der Waals surface area contributed by atoms with Gasteiger partial charge in [0.1, 0.15) is 0 Å². The number of hydrogen-bond donors (Lipinski definition) is 2. The molecule has 0 aromatic carbocycles. The first-order valence-electron chi connectivity index (χ1n) is 6.89. The monoisotopic (exact) mass is 298 g/mol. The number of carbonyl (C=O) groups is 1. The number of carbonyl (C=O) groups excluding carboxylic acids is 1. The summed E-state index contributed by atoms with van der Waals surface area (Å²) in [7, 11) is 0. The van der Waals surface area contributed by atoms with Gasteiger partial charge in [-0.1, -0.05) is 6.07 Å². The number of ether oxygens (including phenoxy) is 1. The van der Waals surface area contributed by atoms with Gasteiger partial charge in [-0.15, -0.1) is 11.3 Å². The summed E-state index contributed by atoms with van der Waals surface area (Å²) < 4.78 is 5.47. The van der Waals surface area contributed by atoms with E-state index in [2.05, 4.69) is 10.2 Å². The number of aliphatic hydroxyl groups excluding tert-OH is 1. The predicted molar refractivity (Wildman–Crippen MR) is 78.7 cm³/mol. The molecule has 1 amide bonds. The second-order valence-electron chi connectivity index (χ2n) is 5.22. The summed E-state index contributed by atoms with van der Waals surface area (Å²) in [6.07, 6.45) is -0.186. The van der Waals surface area contributed by atoms with Gasteiger partial charge in [0.2, 0.25) is 5.91 Å². The summed E-state index contributed by atoms with van der Waals surface area (Å²) in [6.45, 7) is 5.51. The molecule has 2 N–H and O–H groups in total. The van der Waals surface area contributed by atoms with Gasteiger partial charge in [0, 0.05) is 17.5 Å². The lowest BCUT2D eigenvalue weighted by Gasteiger charge is -2.37. The summed E-state index contributed by atoms with van der Waals surface area (Å²) in [5.74, 6) is 0.0105. The summed E-state index contributed by atoms with van der Waals surface area (Å²) in [4.78, 5) is 15.3. The molecule has 1 saturated heterocycles. The Kier molecular flexibility index (Phi) is 5.54. The minimum absolute atomic E-state index is 0.00353. The maximum Gasteiger partial charge on any atom is 0.234 e. The van der Waals surface area contributed by atoms with Crippen molar-refractivity contribution in [3.8, 4) is 0 Å².